The number of nitriles is 1. The Kier molecular flexibility index (Phi) is 5.27. The van der Waals surface area contributed by atoms with E-state index in [-0.39, 0.29) is 18.4 Å². The van der Waals surface area contributed by atoms with Crippen LogP contribution in [-0.2, 0) is 14.3 Å². The fourth-order valence-electron chi connectivity index (χ4n) is 1.46. The van der Waals surface area contributed by atoms with Gasteiger partial charge in [-0.25, -0.2) is 0 Å². The van der Waals surface area contributed by atoms with Crippen LogP contribution in [-0.4, -0.2) is 18.5 Å². The van der Waals surface area contributed by atoms with Crippen LogP contribution in [0.2, 0.25) is 0 Å². The summed E-state index contributed by atoms with van der Waals surface area (Å²) in [5.74, 6) is -0.801. The Morgan fingerprint density at radius 3 is 2.35 bits per heavy atom. The summed E-state index contributed by atoms with van der Waals surface area (Å²) in [4.78, 5) is 23.0. The van der Waals surface area contributed by atoms with Gasteiger partial charge in [-0.2, -0.15) is 5.26 Å². The first-order valence-electron chi connectivity index (χ1n) is 6.26. The maximum absolute atomic E-state index is 11.6. The first-order valence-corrected chi connectivity index (χ1v) is 6.26. The van der Waals surface area contributed by atoms with E-state index in [4.69, 9.17) is 10.00 Å². The number of amides is 1. The third kappa shape index (κ3) is 6.01. The number of carbonyl (C=O) groups is 2. The molecule has 0 spiro atoms. The van der Waals surface area contributed by atoms with Crippen LogP contribution in [0.25, 0.3) is 0 Å². The monoisotopic (exact) mass is 274 g/mol. The lowest BCUT2D eigenvalue weighted by Gasteiger charge is -2.16. The summed E-state index contributed by atoms with van der Waals surface area (Å²) < 4.78 is 4.89. The van der Waals surface area contributed by atoms with Gasteiger partial charge < -0.3 is 10.1 Å². The molecule has 1 N–H and O–H groups in total. The average molecular weight is 274 g/mol. The molecule has 0 fully saturated rings. The van der Waals surface area contributed by atoms with Crippen LogP contribution < -0.4 is 5.32 Å². The number of carbonyl (C=O) groups excluding carboxylic acids is 2. The second kappa shape index (κ2) is 6.71. The van der Waals surface area contributed by atoms with Crippen LogP contribution in [0.4, 0.5) is 5.69 Å². The fourth-order valence-corrected chi connectivity index (χ4v) is 1.46. The largest absolute Gasteiger partial charge is 0.456 e. The molecule has 5 heteroatoms. The number of esters is 1. The summed E-state index contributed by atoms with van der Waals surface area (Å²) in [6.07, 6.45) is 0.261. The highest BCUT2D eigenvalue weighted by atomic mass is 16.5. The molecule has 106 valence electrons. The van der Waals surface area contributed by atoms with E-state index >= 15 is 0 Å². The molecule has 1 amide bonds. The van der Waals surface area contributed by atoms with Gasteiger partial charge in [0.05, 0.1) is 18.1 Å². The van der Waals surface area contributed by atoms with Gasteiger partial charge in [-0.3, -0.25) is 9.59 Å². The lowest BCUT2D eigenvalue weighted by molar-refractivity contribution is -0.149. The number of benzene rings is 1. The highest BCUT2D eigenvalue weighted by Crippen LogP contribution is 2.18. The number of nitrogens with one attached hydrogen (secondary N) is 1. The predicted octanol–water partition coefficient (Wildman–Crippen LogP) is 2.48. The van der Waals surface area contributed by atoms with E-state index in [9.17, 15) is 9.59 Å². The Bertz CT molecular complexity index is 522. The standard InChI is InChI=1S/C15H18N2O3/c1-15(2,3)8-14(19)20-10-13(18)17-12-6-4-11(9-16)5-7-12/h4-7H,8,10H2,1-3H3,(H,17,18). The molecule has 0 radical (unpaired) electrons. The Morgan fingerprint density at radius 1 is 1.25 bits per heavy atom. The molecule has 0 aliphatic rings. The van der Waals surface area contributed by atoms with Gasteiger partial charge in [0.15, 0.2) is 6.61 Å². The SMILES string of the molecule is CC(C)(C)CC(=O)OCC(=O)Nc1ccc(C#N)cc1. The fraction of sp³-hybridized carbons (Fsp3) is 0.400. The minimum Gasteiger partial charge on any atom is -0.456 e. The molecule has 1 aromatic rings. The minimum absolute atomic E-state index is 0.166. The van der Waals surface area contributed by atoms with Crippen LogP contribution in [0.15, 0.2) is 24.3 Å². The summed E-state index contributed by atoms with van der Waals surface area (Å²) in [6.45, 7) is 5.45. The number of hydrogen-bond donors (Lipinski definition) is 1. The quantitative estimate of drug-likeness (QED) is 0.855. The van der Waals surface area contributed by atoms with E-state index in [0.29, 0.717) is 11.3 Å². The van der Waals surface area contributed by atoms with Gasteiger partial charge >= 0.3 is 5.97 Å². The highest BCUT2D eigenvalue weighted by molar-refractivity contribution is 5.92. The van der Waals surface area contributed by atoms with E-state index in [1.807, 2.05) is 26.8 Å². The molecule has 0 bridgehead atoms. The minimum atomic E-state index is -0.406. The molecule has 0 saturated heterocycles. The van der Waals surface area contributed by atoms with Gasteiger partial charge in [0.25, 0.3) is 5.91 Å². The average Bonchev–Trinajstić information content (AvgIpc) is 2.35. The van der Waals surface area contributed by atoms with E-state index in [2.05, 4.69) is 5.32 Å². The number of hydrogen-bond acceptors (Lipinski definition) is 4. The lowest BCUT2D eigenvalue weighted by Crippen LogP contribution is -2.23. The van der Waals surface area contributed by atoms with Crippen molar-refractivity contribution >= 4 is 17.6 Å². The smallest absolute Gasteiger partial charge is 0.306 e. The molecular formula is C15H18N2O3. The van der Waals surface area contributed by atoms with E-state index in [1.165, 1.54) is 0 Å². The zero-order chi connectivity index (χ0) is 15.2. The molecular weight excluding hydrogens is 256 g/mol. The van der Waals surface area contributed by atoms with Gasteiger partial charge in [0.1, 0.15) is 0 Å². The van der Waals surface area contributed by atoms with Crippen molar-refractivity contribution in [1.29, 1.82) is 5.26 Å². The summed E-state index contributed by atoms with van der Waals surface area (Å²) in [7, 11) is 0. The topological polar surface area (TPSA) is 79.2 Å². The second-order valence-corrected chi connectivity index (χ2v) is 5.64. The van der Waals surface area contributed by atoms with Gasteiger partial charge in [-0.1, -0.05) is 20.8 Å². The maximum atomic E-state index is 11.6. The maximum Gasteiger partial charge on any atom is 0.306 e. The van der Waals surface area contributed by atoms with Crippen molar-refractivity contribution in [3.05, 3.63) is 29.8 Å². The normalized spacial score (nSPS) is 10.5. The van der Waals surface area contributed by atoms with E-state index in [0.717, 1.165) is 0 Å². The molecule has 1 rings (SSSR count). The van der Waals surface area contributed by atoms with E-state index in [1.54, 1.807) is 24.3 Å². The second-order valence-electron chi connectivity index (χ2n) is 5.64. The zero-order valence-corrected chi connectivity index (χ0v) is 11.9. The van der Waals surface area contributed by atoms with Crippen molar-refractivity contribution in [2.45, 2.75) is 27.2 Å². The van der Waals surface area contributed by atoms with Crippen molar-refractivity contribution in [1.82, 2.24) is 0 Å². The van der Waals surface area contributed by atoms with Gasteiger partial charge in [-0.15, -0.1) is 0 Å². The molecule has 0 unspecified atom stereocenters. The summed E-state index contributed by atoms with van der Waals surface area (Å²) >= 11 is 0. The van der Waals surface area contributed by atoms with Crippen LogP contribution in [0.3, 0.4) is 0 Å². The lowest BCUT2D eigenvalue weighted by atomic mass is 9.93. The molecule has 0 aliphatic carbocycles. The third-order valence-electron chi connectivity index (χ3n) is 2.34. The number of ether oxygens (including phenoxy) is 1. The van der Waals surface area contributed by atoms with E-state index < -0.39 is 11.9 Å². The summed E-state index contributed by atoms with van der Waals surface area (Å²) in [5.41, 5.74) is 0.904. The third-order valence-corrected chi connectivity index (χ3v) is 2.34. The van der Waals surface area contributed by atoms with Crippen molar-refractivity contribution in [3.8, 4) is 6.07 Å². The Morgan fingerprint density at radius 2 is 1.85 bits per heavy atom. The highest BCUT2D eigenvalue weighted by Gasteiger charge is 2.17. The Hall–Kier alpha value is -2.35. The van der Waals surface area contributed by atoms with Crippen LogP contribution in [0.1, 0.15) is 32.8 Å². The number of nitrogens with zero attached hydrogens (tertiary/aromatic N) is 1. The van der Waals surface area contributed by atoms with Crippen LogP contribution in [0, 0.1) is 16.7 Å². The Balaban J connectivity index is 2.40. The van der Waals surface area contributed by atoms with Crippen LogP contribution in [0.5, 0.6) is 0 Å². The number of anilines is 1. The molecule has 0 heterocycles. The predicted molar refractivity (Wildman–Crippen MR) is 74.8 cm³/mol. The summed E-state index contributed by atoms with van der Waals surface area (Å²) in [5, 5.41) is 11.2. The zero-order valence-electron chi connectivity index (χ0n) is 11.9. The Labute approximate surface area is 118 Å². The molecule has 20 heavy (non-hydrogen) atoms. The first kappa shape index (κ1) is 15.7. The molecule has 0 atom stereocenters. The summed E-state index contributed by atoms with van der Waals surface area (Å²) in [6, 6.07) is 8.42. The van der Waals surface area contributed by atoms with Gasteiger partial charge in [0, 0.05) is 5.69 Å². The molecule has 1 aromatic carbocycles. The molecule has 0 aromatic heterocycles. The van der Waals surface area contributed by atoms with Crippen molar-refractivity contribution in [2.24, 2.45) is 5.41 Å². The van der Waals surface area contributed by atoms with Crippen molar-refractivity contribution < 1.29 is 14.3 Å². The van der Waals surface area contributed by atoms with Crippen molar-refractivity contribution in [3.63, 3.8) is 0 Å². The molecule has 0 aliphatic heterocycles. The van der Waals surface area contributed by atoms with Crippen LogP contribution >= 0.6 is 0 Å². The molecule has 5 nitrogen and oxygen atoms in total. The van der Waals surface area contributed by atoms with Gasteiger partial charge in [-0.05, 0) is 29.7 Å². The number of rotatable bonds is 4. The van der Waals surface area contributed by atoms with Gasteiger partial charge in [0.2, 0.25) is 0 Å². The first-order chi connectivity index (χ1) is 9.30. The molecule has 0 saturated carbocycles. The van der Waals surface area contributed by atoms with Crippen molar-refractivity contribution in [2.75, 3.05) is 11.9 Å².